The number of nitrogen functional groups attached to an aromatic ring is 1. The Morgan fingerprint density at radius 3 is 2.58 bits per heavy atom. The zero-order chi connectivity index (χ0) is 27.9. The molecule has 1 aromatic carbocycles. The fraction of sp³-hybridized carbons (Fsp3) is 0.607. The molecular formula is C28H43N5O4S. The lowest BCUT2D eigenvalue weighted by Gasteiger charge is -2.35. The summed E-state index contributed by atoms with van der Waals surface area (Å²) in [5.41, 5.74) is 10.1. The summed E-state index contributed by atoms with van der Waals surface area (Å²) >= 11 is 1.51. The first kappa shape index (κ1) is 29.8. The predicted molar refractivity (Wildman–Crippen MR) is 154 cm³/mol. The third kappa shape index (κ3) is 7.89. The molecule has 0 unspecified atom stereocenters. The molecule has 4 rings (SSSR count). The molecule has 1 fully saturated rings. The third-order valence-electron chi connectivity index (χ3n) is 6.61. The van der Waals surface area contributed by atoms with E-state index in [1.807, 2.05) is 26.8 Å². The number of nitrogens with zero attached hydrogens (tertiary/aromatic N) is 2. The number of amides is 1. The predicted octanol–water partition coefficient (Wildman–Crippen LogP) is 5.82. The summed E-state index contributed by atoms with van der Waals surface area (Å²) in [6, 6.07) is 3.92. The SMILES string of the molecule is CC(C)(C)OC(=O)NC1CCCCC1.COCCSNc1c(O)ccc2c1CC(C)(C)c1c(N)ncnc1-2. The summed E-state index contributed by atoms with van der Waals surface area (Å²) in [5.74, 6) is 1.54. The van der Waals surface area contributed by atoms with E-state index in [2.05, 4.69) is 33.9 Å². The minimum absolute atomic E-state index is 0.213. The highest BCUT2D eigenvalue weighted by molar-refractivity contribution is 8.00. The molecule has 0 atom stereocenters. The second kappa shape index (κ2) is 12.9. The van der Waals surface area contributed by atoms with Gasteiger partial charge in [0.1, 0.15) is 23.5 Å². The minimum Gasteiger partial charge on any atom is -0.506 e. The van der Waals surface area contributed by atoms with Gasteiger partial charge in [0.25, 0.3) is 0 Å². The van der Waals surface area contributed by atoms with E-state index in [9.17, 15) is 9.90 Å². The molecule has 9 nitrogen and oxygen atoms in total. The van der Waals surface area contributed by atoms with Crippen LogP contribution in [0.5, 0.6) is 5.75 Å². The van der Waals surface area contributed by atoms with Crippen LogP contribution < -0.4 is 15.8 Å². The second-order valence-corrected chi connectivity index (χ2v) is 12.4. The number of anilines is 2. The van der Waals surface area contributed by atoms with Crippen molar-refractivity contribution in [1.29, 1.82) is 0 Å². The number of carbonyl (C=O) groups is 1. The van der Waals surface area contributed by atoms with Crippen molar-refractivity contribution in [2.75, 3.05) is 29.9 Å². The number of phenolic OH excluding ortho intramolecular Hbond substituents is 1. The normalized spacial score (nSPS) is 16.4. The quantitative estimate of drug-likeness (QED) is 0.201. The third-order valence-corrected chi connectivity index (χ3v) is 7.33. The van der Waals surface area contributed by atoms with Gasteiger partial charge in [0, 0.05) is 30.0 Å². The van der Waals surface area contributed by atoms with Crippen LogP contribution in [0.3, 0.4) is 0 Å². The number of fused-ring (bicyclic) bond motifs is 3. The molecule has 1 aromatic heterocycles. The van der Waals surface area contributed by atoms with Crippen molar-refractivity contribution in [3.8, 4) is 17.0 Å². The standard InChI is InChI=1S/C17H22N4O2S.C11H21NO2/c1-17(2)8-11-10(15-13(17)16(18)20-9-19-15)4-5-12(22)14(11)21-24-7-6-23-3;1-11(2,3)14-10(13)12-9-7-5-4-6-8-9/h4-5,9,21-22H,6-8H2,1-3H3,(H2,18,19,20);9H,4-8H2,1-3H3,(H,12,13). The fourth-order valence-corrected chi connectivity index (χ4v) is 5.65. The van der Waals surface area contributed by atoms with Gasteiger partial charge in [0.15, 0.2) is 0 Å². The van der Waals surface area contributed by atoms with Gasteiger partial charge in [-0.2, -0.15) is 0 Å². The van der Waals surface area contributed by atoms with Gasteiger partial charge in [-0.1, -0.05) is 45.1 Å². The number of benzene rings is 1. The highest BCUT2D eigenvalue weighted by Gasteiger charge is 2.36. The van der Waals surface area contributed by atoms with Crippen LogP contribution in [0.2, 0.25) is 0 Å². The van der Waals surface area contributed by atoms with E-state index in [-0.39, 0.29) is 17.3 Å². The number of aromatic hydroxyl groups is 1. The number of rotatable bonds is 6. The van der Waals surface area contributed by atoms with Crippen molar-refractivity contribution in [2.45, 2.75) is 90.2 Å². The maximum Gasteiger partial charge on any atom is 0.407 e. The van der Waals surface area contributed by atoms with Crippen molar-refractivity contribution in [2.24, 2.45) is 0 Å². The average Bonchev–Trinajstić information content (AvgIpc) is 2.82. The molecule has 1 heterocycles. The molecule has 38 heavy (non-hydrogen) atoms. The number of nitrogens with one attached hydrogen (secondary N) is 2. The molecule has 0 bridgehead atoms. The molecule has 2 aromatic rings. The molecule has 1 saturated carbocycles. The van der Waals surface area contributed by atoms with E-state index in [0.717, 1.165) is 53.1 Å². The van der Waals surface area contributed by atoms with Crippen molar-refractivity contribution < 1.29 is 19.4 Å². The molecule has 5 N–H and O–H groups in total. The summed E-state index contributed by atoms with van der Waals surface area (Å²) in [5, 5.41) is 13.2. The summed E-state index contributed by atoms with van der Waals surface area (Å²) in [4.78, 5) is 20.0. The van der Waals surface area contributed by atoms with Gasteiger partial charge in [-0.15, -0.1) is 0 Å². The summed E-state index contributed by atoms with van der Waals surface area (Å²) < 4.78 is 13.5. The summed E-state index contributed by atoms with van der Waals surface area (Å²) in [6.45, 7) is 10.5. The smallest absolute Gasteiger partial charge is 0.407 e. The lowest BCUT2D eigenvalue weighted by molar-refractivity contribution is 0.0493. The first-order valence-corrected chi connectivity index (χ1v) is 14.2. The van der Waals surface area contributed by atoms with Crippen molar-refractivity contribution >= 4 is 29.5 Å². The van der Waals surface area contributed by atoms with E-state index in [4.69, 9.17) is 15.2 Å². The van der Waals surface area contributed by atoms with Gasteiger partial charge in [-0.3, -0.25) is 0 Å². The topological polar surface area (TPSA) is 132 Å². The van der Waals surface area contributed by atoms with Gasteiger partial charge >= 0.3 is 6.09 Å². The number of methoxy groups -OCH3 is 1. The Morgan fingerprint density at radius 2 is 1.92 bits per heavy atom. The van der Waals surface area contributed by atoms with Crippen LogP contribution in [0.4, 0.5) is 16.3 Å². The molecule has 210 valence electrons. The number of ether oxygens (including phenoxy) is 2. The van der Waals surface area contributed by atoms with Gasteiger partial charge in [-0.05, 0) is 63.1 Å². The Hall–Kier alpha value is -2.72. The number of alkyl carbamates (subject to hydrolysis) is 1. The Morgan fingerprint density at radius 1 is 1.21 bits per heavy atom. The van der Waals surface area contributed by atoms with Gasteiger partial charge in [0.2, 0.25) is 0 Å². The lowest BCUT2D eigenvalue weighted by atomic mass is 9.71. The molecule has 0 radical (unpaired) electrons. The first-order chi connectivity index (χ1) is 17.9. The molecule has 0 saturated heterocycles. The van der Waals surface area contributed by atoms with E-state index < -0.39 is 5.60 Å². The van der Waals surface area contributed by atoms with Crippen LogP contribution in [0, 0.1) is 0 Å². The number of hydrogen-bond donors (Lipinski definition) is 4. The zero-order valence-electron chi connectivity index (χ0n) is 23.5. The summed E-state index contributed by atoms with van der Waals surface area (Å²) in [7, 11) is 1.67. The number of phenols is 1. The van der Waals surface area contributed by atoms with Crippen LogP contribution in [0.15, 0.2) is 18.5 Å². The monoisotopic (exact) mass is 545 g/mol. The molecule has 2 aliphatic carbocycles. The highest BCUT2D eigenvalue weighted by Crippen LogP contribution is 2.48. The number of nitrogens with two attached hydrogens (primary N) is 1. The van der Waals surface area contributed by atoms with Crippen LogP contribution in [-0.2, 0) is 21.3 Å². The van der Waals surface area contributed by atoms with Crippen molar-refractivity contribution in [1.82, 2.24) is 15.3 Å². The molecule has 0 spiro atoms. The maximum atomic E-state index is 11.4. The van der Waals surface area contributed by atoms with E-state index in [1.54, 1.807) is 13.2 Å². The Kier molecular flexibility index (Phi) is 10.1. The van der Waals surface area contributed by atoms with Crippen molar-refractivity contribution in [3.63, 3.8) is 0 Å². The van der Waals surface area contributed by atoms with Crippen LogP contribution in [0.25, 0.3) is 11.3 Å². The maximum absolute atomic E-state index is 11.4. The Labute approximate surface area is 230 Å². The molecule has 2 aliphatic rings. The molecule has 1 amide bonds. The van der Waals surface area contributed by atoms with E-state index >= 15 is 0 Å². The van der Waals surface area contributed by atoms with Gasteiger partial charge < -0.3 is 30.4 Å². The minimum atomic E-state index is -0.390. The van der Waals surface area contributed by atoms with Crippen molar-refractivity contribution in [3.05, 3.63) is 29.6 Å². The average molecular weight is 546 g/mol. The largest absolute Gasteiger partial charge is 0.506 e. The molecule has 0 aliphatic heterocycles. The van der Waals surface area contributed by atoms with Crippen LogP contribution in [0.1, 0.15) is 77.8 Å². The number of aromatic nitrogens is 2. The lowest BCUT2D eigenvalue weighted by Crippen LogP contribution is -2.39. The Balaban J connectivity index is 0.000000244. The highest BCUT2D eigenvalue weighted by atomic mass is 32.2. The van der Waals surface area contributed by atoms with Crippen LogP contribution >= 0.6 is 11.9 Å². The van der Waals surface area contributed by atoms with Crippen LogP contribution in [-0.4, -0.2) is 52.3 Å². The van der Waals surface area contributed by atoms with Gasteiger partial charge in [-0.25, -0.2) is 14.8 Å². The molecular weight excluding hydrogens is 502 g/mol. The van der Waals surface area contributed by atoms with Gasteiger partial charge in [0.05, 0.1) is 18.0 Å². The first-order valence-electron chi connectivity index (χ1n) is 13.3. The Bertz CT molecular complexity index is 1100. The fourth-order valence-electron chi connectivity index (χ4n) is 4.93. The number of carbonyl (C=O) groups excluding carboxylic acids is 1. The van der Waals surface area contributed by atoms with E-state index in [0.29, 0.717) is 18.5 Å². The second-order valence-electron chi connectivity index (χ2n) is 11.5. The number of hydrogen-bond acceptors (Lipinski definition) is 9. The summed E-state index contributed by atoms with van der Waals surface area (Å²) in [6.07, 6.45) is 7.90. The zero-order valence-corrected chi connectivity index (χ0v) is 24.3. The van der Waals surface area contributed by atoms with E-state index in [1.165, 1.54) is 37.5 Å². The molecule has 10 heteroatoms.